The Bertz CT molecular complexity index is 805. The number of hydrogen-bond donors (Lipinski definition) is 2. The minimum Gasteiger partial charge on any atom is -0.481 e. The van der Waals surface area contributed by atoms with Crippen molar-refractivity contribution >= 4 is 11.7 Å². The molecule has 0 aliphatic rings. The lowest BCUT2D eigenvalue weighted by molar-refractivity contribution is -0.136. The zero-order valence-electron chi connectivity index (χ0n) is 12.7. The number of benzene rings is 2. The first-order valence-corrected chi connectivity index (χ1v) is 7.30. The molecule has 3 rings (SSSR count). The van der Waals surface area contributed by atoms with Gasteiger partial charge in [0.2, 0.25) is 0 Å². The fourth-order valence-electron chi connectivity index (χ4n) is 2.27. The average molecular weight is 307 g/mol. The van der Waals surface area contributed by atoms with E-state index in [0.29, 0.717) is 0 Å². The molecular weight excluding hydrogens is 290 g/mol. The molecule has 116 valence electrons. The Kier molecular flexibility index (Phi) is 4.10. The predicted molar refractivity (Wildman–Crippen MR) is 89.2 cm³/mol. The highest BCUT2D eigenvalue weighted by Gasteiger charge is 2.03. The van der Waals surface area contributed by atoms with Gasteiger partial charge in [0, 0.05) is 11.8 Å². The van der Waals surface area contributed by atoms with Gasteiger partial charge >= 0.3 is 5.97 Å². The highest BCUT2D eigenvalue weighted by molar-refractivity contribution is 5.70. The topological polar surface area (TPSA) is 67.2 Å². The average Bonchev–Trinajstić information content (AvgIpc) is 2.98. The highest BCUT2D eigenvalue weighted by Crippen LogP contribution is 2.18. The fraction of sp³-hybridized carbons (Fsp3) is 0.111. The zero-order chi connectivity index (χ0) is 16.2. The van der Waals surface area contributed by atoms with Crippen LogP contribution in [0.1, 0.15) is 11.1 Å². The van der Waals surface area contributed by atoms with Crippen molar-refractivity contribution in [2.45, 2.75) is 13.3 Å². The van der Waals surface area contributed by atoms with Gasteiger partial charge in [-0.3, -0.25) is 10.2 Å². The molecule has 0 spiro atoms. The normalized spacial score (nSPS) is 10.5. The number of aryl methyl sites for hydroxylation is 1. The van der Waals surface area contributed by atoms with E-state index in [4.69, 9.17) is 5.11 Å². The van der Waals surface area contributed by atoms with E-state index in [2.05, 4.69) is 29.6 Å². The lowest BCUT2D eigenvalue weighted by Crippen LogP contribution is -2.09. The van der Waals surface area contributed by atoms with Crippen LogP contribution in [0.25, 0.3) is 11.3 Å². The smallest absolute Gasteiger partial charge is 0.307 e. The molecule has 5 heteroatoms. The molecule has 0 fully saturated rings. The summed E-state index contributed by atoms with van der Waals surface area (Å²) in [6.45, 7) is 2.05. The molecule has 0 aliphatic carbocycles. The van der Waals surface area contributed by atoms with E-state index in [0.717, 1.165) is 22.5 Å². The molecule has 23 heavy (non-hydrogen) atoms. The Morgan fingerprint density at radius 1 is 1.09 bits per heavy atom. The summed E-state index contributed by atoms with van der Waals surface area (Å²) in [7, 11) is 0. The predicted octanol–water partition coefficient (Wildman–Crippen LogP) is 3.36. The van der Waals surface area contributed by atoms with Crippen LogP contribution in [0.3, 0.4) is 0 Å². The minimum absolute atomic E-state index is 0.0274. The van der Waals surface area contributed by atoms with Crippen LogP contribution < -0.4 is 5.43 Å². The molecule has 0 bridgehead atoms. The summed E-state index contributed by atoms with van der Waals surface area (Å²) in [5.74, 6) is -0.833. The second-order valence-corrected chi connectivity index (χ2v) is 5.39. The molecule has 0 aliphatic heterocycles. The first-order valence-electron chi connectivity index (χ1n) is 7.30. The van der Waals surface area contributed by atoms with Gasteiger partial charge in [-0.15, -0.1) is 0 Å². The molecule has 2 aromatic carbocycles. The van der Waals surface area contributed by atoms with E-state index in [-0.39, 0.29) is 6.42 Å². The Balaban J connectivity index is 1.71. The van der Waals surface area contributed by atoms with Gasteiger partial charge in [-0.1, -0.05) is 42.0 Å². The molecular formula is C18H17N3O2. The van der Waals surface area contributed by atoms with Crippen LogP contribution in [0.15, 0.2) is 60.8 Å². The van der Waals surface area contributed by atoms with E-state index in [1.54, 1.807) is 16.9 Å². The van der Waals surface area contributed by atoms with Gasteiger partial charge in [0.15, 0.2) is 0 Å². The molecule has 0 atom stereocenters. The van der Waals surface area contributed by atoms with Gasteiger partial charge in [-0.2, -0.15) is 9.89 Å². The van der Waals surface area contributed by atoms with Crippen molar-refractivity contribution in [3.05, 3.63) is 71.9 Å². The van der Waals surface area contributed by atoms with E-state index in [9.17, 15) is 4.79 Å². The third kappa shape index (κ3) is 3.77. The maximum atomic E-state index is 10.7. The number of aliphatic carboxylic acids is 1. The van der Waals surface area contributed by atoms with Crippen LogP contribution in [0, 0.1) is 6.92 Å². The molecule has 0 amide bonds. The maximum Gasteiger partial charge on any atom is 0.307 e. The van der Waals surface area contributed by atoms with Crippen molar-refractivity contribution in [3.63, 3.8) is 0 Å². The summed E-state index contributed by atoms with van der Waals surface area (Å²) >= 11 is 0. The summed E-state index contributed by atoms with van der Waals surface area (Å²) < 4.78 is 0. The molecule has 1 aromatic heterocycles. The van der Waals surface area contributed by atoms with Gasteiger partial charge in [-0.05, 0) is 30.7 Å². The number of carboxylic acid groups (broad SMARTS) is 1. The van der Waals surface area contributed by atoms with Crippen molar-refractivity contribution in [2.24, 2.45) is 0 Å². The third-order valence-electron chi connectivity index (χ3n) is 3.49. The SMILES string of the molecule is Cc1ccc(-c2ccn(Nc3ccc(CC(=O)O)cc3)n2)cc1. The van der Waals surface area contributed by atoms with Crippen LogP contribution in [0.5, 0.6) is 0 Å². The molecule has 0 radical (unpaired) electrons. The third-order valence-corrected chi connectivity index (χ3v) is 3.49. The number of carboxylic acids is 1. The largest absolute Gasteiger partial charge is 0.481 e. The highest BCUT2D eigenvalue weighted by atomic mass is 16.4. The van der Waals surface area contributed by atoms with Crippen molar-refractivity contribution < 1.29 is 9.90 Å². The standard InChI is InChI=1S/C18H17N3O2/c1-13-2-6-15(7-3-13)17-10-11-21(20-17)19-16-8-4-14(5-9-16)12-18(22)23/h2-11,19H,12H2,1H3,(H,22,23). The molecule has 3 aromatic rings. The van der Waals surface area contributed by atoms with Crippen LogP contribution >= 0.6 is 0 Å². The van der Waals surface area contributed by atoms with Crippen LogP contribution in [-0.4, -0.2) is 21.0 Å². The molecule has 2 N–H and O–H groups in total. The monoisotopic (exact) mass is 307 g/mol. The number of carbonyl (C=O) groups is 1. The first-order chi connectivity index (χ1) is 11.1. The number of rotatable bonds is 5. The van der Waals surface area contributed by atoms with Crippen molar-refractivity contribution in [3.8, 4) is 11.3 Å². The van der Waals surface area contributed by atoms with E-state index >= 15 is 0 Å². The number of nitrogens with one attached hydrogen (secondary N) is 1. The molecule has 0 saturated heterocycles. The number of aromatic nitrogens is 2. The summed E-state index contributed by atoms with van der Waals surface area (Å²) in [5.41, 5.74) is 7.92. The van der Waals surface area contributed by atoms with Crippen molar-refractivity contribution in [1.82, 2.24) is 9.89 Å². The van der Waals surface area contributed by atoms with Crippen LogP contribution in [0.2, 0.25) is 0 Å². The zero-order valence-corrected chi connectivity index (χ0v) is 12.7. The van der Waals surface area contributed by atoms with Gasteiger partial charge in [0.25, 0.3) is 0 Å². The lowest BCUT2D eigenvalue weighted by Gasteiger charge is -2.06. The summed E-state index contributed by atoms with van der Waals surface area (Å²) in [4.78, 5) is 12.3. The quantitative estimate of drug-likeness (QED) is 0.758. The van der Waals surface area contributed by atoms with Crippen molar-refractivity contribution in [2.75, 3.05) is 5.43 Å². The van der Waals surface area contributed by atoms with E-state index < -0.39 is 5.97 Å². The van der Waals surface area contributed by atoms with E-state index in [1.165, 1.54) is 5.56 Å². The van der Waals surface area contributed by atoms with Gasteiger partial charge in [0.1, 0.15) is 0 Å². The lowest BCUT2D eigenvalue weighted by atomic mass is 10.1. The molecule has 5 nitrogen and oxygen atoms in total. The van der Waals surface area contributed by atoms with Gasteiger partial charge < -0.3 is 5.11 Å². The van der Waals surface area contributed by atoms with E-state index in [1.807, 2.05) is 36.5 Å². The van der Waals surface area contributed by atoms with Crippen LogP contribution in [0.4, 0.5) is 5.69 Å². The second-order valence-electron chi connectivity index (χ2n) is 5.39. The Labute approximate surface area is 134 Å². The molecule has 0 unspecified atom stereocenters. The number of hydrogen-bond acceptors (Lipinski definition) is 3. The second kappa shape index (κ2) is 6.36. The number of nitrogens with zero attached hydrogens (tertiary/aromatic N) is 2. The van der Waals surface area contributed by atoms with Gasteiger partial charge in [-0.25, -0.2) is 0 Å². The van der Waals surface area contributed by atoms with Gasteiger partial charge in [0.05, 0.1) is 17.8 Å². The molecule has 1 heterocycles. The Morgan fingerprint density at radius 3 is 2.43 bits per heavy atom. The number of anilines is 1. The summed E-state index contributed by atoms with van der Waals surface area (Å²) in [6, 6.07) is 17.4. The Morgan fingerprint density at radius 2 is 1.78 bits per heavy atom. The fourth-order valence-corrected chi connectivity index (χ4v) is 2.27. The van der Waals surface area contributed by atoms with Crippen molar-refractivity contribution in [1.29, 1.82) is 0 Å². The first kappa shape index (κ1) is 14.8. The molecule has 0 saturated carbocycles. The summed E-state index contributed by atoms with van der Waals surface area (Å²) in [6.07, 6.45) is 1.87. The summed E-state index contributed by atoms with van der Waals surface area (Å²) in [5, 5.41) is 13.3. The Hall–Kier alpha value is -3.08. The maximum absolute atomic E-state index is 10.7. The van der Waals surface area contributed by atoms with Crippen LogP contribution in [-0.2, 0) is 11.2 Å². The minimum atomic E-state index is -0.833.